The Morgan fingerprint density at radius 1 is 1.14 bits per heavy atom. The molecule has 2 N–H and O–H groups in total. The highest BCUT2D eigenvalue weighted by molar-refractivity contribution is 7.18. The number of fused-ring (bicyclic) bond motifs is 1. The van der Waals surface area contributed by atoms with Gasteiger partial charge in [-0.1, -0.05) is 31.4 Å². The maximum atomic E-state index is 12.9. The number of nitrogens with one attached hydrogen (secondary N) is 2. The third-order valence-electron chi connectivity index (χ3n) is 5.13. The Morgan fingerprint density at radius 3 is 2.61 bits per heavy atom. The summed E-state index contributed by atoms with van der Waals surface area (Å²) in [6.07, 6.45) is 5.03. The summed E-state index contributed by atoms with van der Waals surface area (Å²) in [6.45, 7) is -0.513. The van der Waals surface area contributed by atoms with Gasteiger partial charge in [0.1, 0.15) is 0 Å². The Kier molecular flexibility index (Phi) is 6.61. The first-order chi connectivity index (χ1) is 13.5. The van der Waals surface area contributed by atoms with Crippen molar-refractivity contribution in [3.05, 3.63) is 29.3 Å². The molecule has 7 nitrogen and oxygen atoms in total. The molecule has 1 saturated carbocycles. The number of ether oxygens (including phenoxy) is 1. The number of amides is 2. The summed E-state index contributed by atoms with van der Waals surface area (Å²) in [5, 5.41) is 5.77. The average molecular weight is 404 g/mol. The van der Waals surface area contributed by atoms with Crippen LogP contribution in [0.25, 0.3) is 10.2 Å². The maximum absolute atomic E-state index is 12.9. The van der Waals surface area contributed by atoms with Gasteiger partial charge in [-0.2, -0.15) is 0 Å². The van der Waals surface area contributed by atoms with Gasteiger partial charge in [-0.25, -0.2) is 4.98 Å². The van der Waals surface area contributed by atoms with Crippen molar-refractivity contribution in [1.82, 2.24) is 15.6 Å². The summed E-state index contributed by atoms with van der Waals surface area (Å²) in [7, 11) is 1.49. The van der Waals surface area contributed by atoms with E-state index in [4.69, 9.17) is 4.74 Å². The number of likely N-dealkylation sites (N-methyl/N-ethyl adjacent to an activating group) is 1. The lowest BCUT2D eigenvalue weighted by Crippen LogP contribution is -2.41. The lowest BCUT2D eigenvalue weighted by atomic mass is 9.72. The standard InChI is InChI=1S/C20H25N3O4S/c1-21-16(24)12-22-17(25)13-27-19(26)20(9-5-2-6-10-20)11-18-23-14-7-3-4-8-15(14)28-18/h3-4,7-8H,2,5-6,9-13H2,1H3,(H,21,24)(H,22,25). The third kappa shape index (κ3) is 4.86. The van der Waals surface area contributed by atoms with E-state index >= 15 is 0 Å². The molecule has 2 aromatic rings. The molecule has 0 bridgehead atoms. The van der Waals surface area contributed by atoms with Gasteiger partial charge >= 0.3 is 5.97 Å². The van der Waals surface area contributed by atoms with Crippen LogP contribution >= 0.6 is 11.3 Å². The van der Waals surface area contributed by atoms with Crippen molar-refractivity contribution in [2.24, 2.45) is 5.41 Å². The summed E-state index contributed by atoms with van der Waals surface area (Å²) in [6, 6.07) is 7.93. The Bertz CT molecular complexity index is 825. The lowest BCUT2D eigenvalue weighted by molar-refractivity contribution is -0.161. The molecule has 1 aromatic heterocycles. The quantitative estimate of drug-likeness (QED) is 0.691. The van der Waals surface area contributed by atoms with Crippen molar-refractivity contribution in [2.75, 3.05) is 20.2 Å². The van der Waals surface area contributed by atoms with Crippen LogP contribution < -0.4 is 10.6 Å². The summed E-state index contributed by atoms with van der Waals surface area (Å²) in [4.78, 5) is 40.7. The van der Waals surface area contributed by atoms with E-state index in [0.29, 0.717) is 6.42 Å². The van der Waals surface area contributed by atoms with Gasteiger partial charge in [-0.3, -0.25) is 14.4 Å². The highest BCUT2D eigenvalue weighted by Crippen LogP contribution is 2.41. The van der Waals surface area contributed by atoms with E-state index in [2.05, 4.69) is 15.6 Å². The smallest absolute Gasteiger partial charge is 0.313 e. The van der Waals surface area contributed by atoms with Gasteiger partial charge in [-0.15, -0.1) is 11.3 Å². The van der Waals surface area contributed by atoms with Crippen molar-refractivity contribution in [1.29, 1.82) is 0 Å². The van der Waals surface area contributed by atoms with E-state index in [1.54, 1.807) is 11.3 Å². The van der Waals surface area contributed by atoms with E-state index in [-0.39, 0.29) is 25.0 Å². The average Bonchev–Trinajstić information content (AvgIpc) is 3.12. The van der Waals surface area contributed by atoms with E-state index in [0.717, 1.165) is 47.3 Å². The lowest BCUT2D eigenvalue weighted by Gasteiger charge is -2.34. The largest absolute Gasteiger partial charge is 0.455 e. The molecule has 1 fully saturated rings. The fourth-order valence-corrected chi connectivity index (χ4v) is 4.68. The molecule has 8 heteroatoms. The second-order valence-corrected chi connectivity index (χ2v) is 8.23. The van der Waals surface area contributed by atoms with Crippen LogP contribution in [-0.4, -0.2) is 43.0 Å². The van der Waals surface area contributed by atoms with Crippen molar-refractivity contribution in [3.63, 3.8) is 0 Å². The number of hydrogen-bond donors (Lipinski definition) is 2. The molecule has 1 aliphatic carbocycles. The number of aromatic nitrogens is 1. The van der Waals surface area contributed by atoms with Gasteiger partial charge in [-0.05, 0) is 25.0 Å². The van der Waals surface area contributed by atoms with Crippen LogP contribution in [0.4, 0.5) is 0 Å². The molecule has 1 aliphatic rings. The molecule has 2 amide bonds. The van der Waals surface area contributed by atoms with Gasteiger partial charge in [0.2, 0.25) is 5.91 Å². The topological polar surface area (TPSA) is 97.4 Å². The van der Waals surface area contributed by atoms with Crippen LogP contribution in [-0.2, 0) is 25.5 Å². The number of nitrogens with zero attached hydrogens (tertiary/aromatic N) is 1. The zero-order valence-corrected chi connectivity index (χ0v) is 16.8. The first-order valence-corrected chi connectivity index (χ1v) is 10.3. The van der Waals surface area contributed by atoms with Gasteiger partial charge < -0.3 is 15.4 Å². The van der Waals surface area contributed by atoms with Crippen molar-refractivity contribution in [3.8, 4) is 0 Å². The number of benzene rings is 1. The molecule has 28 heavy (non-hydrogen) atoms. The van der Waals surface area contributed by atoms with Crippen LogP contribution in [0.3, 0.4) is 0 Å². The molecular weight excluding hydrogens is 378 g/mol. The Hall–Kier alpha value is -2.48. The number of esters is 1. The normalized spacial score (nSPS) is 15.8. The number of hydrogen-bond acceptors (Lipinski definition) is 6. The van der Waals surface area contributed by atoms with Gasteiger partial charge in [0.15, 0.2) is 6.61 Å². The first-order valence-electron chi connectivity index (χ1n) is 9.51. The minimum atomic E-state index is -0.632. The monoisotopic (exact) mass is 403 g/mol. The molecule has 1 heterocycles. The highest BCUT2D eigenvalue weighted by Gasteiger charge is 2.42. The van der Waals surface area contributed by atoms with Crippen LogP contribution in [0.1, 0.15) is 37.1 Å². The van der Waals surface area contributed by atoms with Crippen LogP contribution in [0, 0.1) is 5.41 Å². The molecule has 0 unspecified atom stereocenters. The van der Waals surface area contributed by atoms with E-state index in [1.807, 2.05) is 24.3 Å². The SMILES string of the molecule is CNC(=O)CNC(=O)COC(=O)C1(Cc2nc3ccccc3s2)CCCCC1. The predicted molar refractivity (Wildman–Crippen MR) is 107 cm³/mol. The number of thiazole rings is 1. The number of rotatable bonds is 7. The van der Waals surface area contributed by atoms with Crippen LogP contribution in [0.15, 0.2) is 24.3 Å². The maximum Gasteiger partial charge on any atom is 0.313 e. The van der Waals surface area contributed by atoms with E-state index < -0.39 is 11.3 Å². The van der Waals surface area contributed by atoms with Gasteiger partial charge in [0.25, 0.3) is 5.91 Å². The third-order valence-corrected chi connectivity index (χ3v) is 6.17. The number of para-hydroxylation sites is 1. The Labute approximate surface area is 167 Å². The number of carbonyl (C=O) groups excluding carboxylic acids is 3. The summed E-state index contributed by atoms with van der Waals surface area (Å²) >= 11 is 1.60. The van der Waals surface area contributed by atoms with E-state index in [9.17, 15) is 14.4 Å². The van der Waals surface area contributed by atoms with Crippen molar-refractivity contribution >= 4 is 39.3 Å². The second kappa shape index (κ2) is 9.14. The number of carbonyl (C=O) groups is 3. The molecule has 0 aliphatic heterocycles. The van der Waals surface area contributed by atoms with Gasteiger partial charge in [0, 0.05) is 13.5 Å². The van der Waals surface area contributed by atoms with Crippen LogP contribution in [0.2, 0.25) is 0 Å². The first kappa shape index (κ1) is 20.3. The molecular formula is C20H25N3O4S. The zero-order chi connectivity index (χ0) is 20.0. The minimum Gasteiger partial charge on any atom is -0.455 e. The molecule has 3 rings (SSSR count). The Morgan fingerprint density at radius 2 is 1.89 bits per heavy atom. The van der Waals surface area contributed by atoms with Crippen molar-refractivity contribution < 1.29 is 19.1 Å². The fraction of sp³-hybridized carbons (Fsp3) is 0.500. The molecule has 0 saturated heterocycles. The summed E-state index contributed by atoms with van der Waals surface area (Å²) in [5.41, 5.74) is 0.308. The van der Waals surface area contributed by atoms with Crippen LogP contribution in [0.5, 0.6) is 0 Å². The molecule has 0 radical (unpaired) electrons. The highest BCUT2D eigenvalue weighted by atomic mass is 32.1. The minimum absolute atomic E-state index is 0.135. The van der Waals surface area contributed by atoms with Gasteiger partial charge in [0.05, 0.1) is 27.2 Å². The molecule has 0 atom stereocenters. The predicted octanol–water partition coefficient (Wildman–Crippen LogP) is 2.19. The Balaban J connectivity index is 1.65. The molecule has 1 aromatic carbocycles. The second-order valence-electron chi connectivity index (χ2n) is 7.12. The van der Waals surface area contributed by atoms with Crippen molar-refractivity contribution in [2.45, 2.75) is 38.5 Å². The molecule has 0 spiro atoms. The summed E-state index contributed by atoms with van der Waals surface area (Å²) < 4.78 is 6.46. The van der Waals surface area contributed by atoms with E-state index in [1.165, 1.54) is 7.05 Å². The summed E-state index contributed by atoms with van der Waals surface area (Å²) in [5.74, 6) is -1.14. The molecule has 150 valence electrons. The fourth-order valence-electron chi connectivity index (χ4n) is 3.57. The zero-order valence-electron chi connectivity index (χ0n) is 16.0.